The molecule has 2 aliphatic rings. The molecule has 3 rings (SSSR count). The lowest BCUT2D eigenvalue weighted by atomic mass is 10.1. The van der Waals surface area contributed by atoms with Gasteiger partial charge in [-0.25, -0.2) is 4.99 Å². The Morgan fingerprint density at radius 2 is 2.11 bits per heavy atom. The fraction of sp³-hybridized carbons (Fsp3) is 0.312. The summed E-state index contributed by atoms with van der Waals surface area (Å²) in [5.41, 5.74) is 3.15. The Morgan fingerprint density at radius 3 is 2.89 bits per heavy atom. The van der Waals surface area contributed by atoms with Crippen molar-refractivity contribution >= 4 is 17.1 Å². The molecule has 0 saturated heterocycles. The van der Waals surface area contributed by atoms with Gasteiger partial charge in [0, 0.05) is 19.5 Å². The predicted molar refractivity (Wildman–Crippen MR) is 79.6 cm³/mol. The van der Waals surface area contributed by atoms with Gasteiger partial charge in [0.25, 0.3) is 0 Å². The van der Waals surface area contributed by atoms with Crippen LogP contribution >= 0.6 is 0 Å². The lowest BCUT2D eigenvalue weighted by Crippen LogP contribution is -2.23. The van der Waals surface area contributed by atoms with Crippen LogP contribution < -0.4 is 9.64 Å². The molecule has 1 aromatic rings. The minimum absolute atomic E-state index is 0.845. The molecule has 0 atom stereocenters. The highest BCUT2D eigenvalue weighted by Crippen LogP contribution is 2.42. The van der Waals surface area contributed by atoms with E-state index >= 15 is 0 Å². The molecule has 1 aliphatic heterocycles. The predicted octanol–water partition coefficient (Wildman–Crippen LogP) is 3.84. The van der Waals surface area contributed by atoms with E-state index in [9.17, 15) is 0 Å². The Morgan fingerprint density at radius 1 is 1.26 bits per heavy atom. The molecule has 98 valence electrons. The number of hydrogen-bond donors (Lipinski definition) is 0. The minimum Gasteiger partial charge on any atom is -0.453 e. The molecular weight excluding hydrogens is 236 g/mol. The van der Waals surface area contributed by atoms with Gasteiger partial charge < -0.3 is 9.64 Å². The van der Waals surface area contributed by atoms with E-state index in [2.05, 4.69) is 30.9 Å². The van der Waals surface area contributed by atoms with Crippen molar-refractivity contribution in [3.8, 4) is 5.75 Å². The smallest absolute Gasteiger partial charge is 0.155 e. The summed E-state index contributed by atoms with van der Waals surface area (Å²) in [5, 5.41) is 0. The number of ether oxygens (including phenoxy) is 1. The number of rotatable bonds is 3. The highest BCUT2D eigenvalue weighted by molar-refractivity contribution is 6.05. The van der Waals surface area contributed by atoms with Crippen molar-refractivity contribution in [1.82, 2.24) is 0 Å². The first-order valence-corrected chi connectivity index (χ1v) is 6.84. The van der Waals surface area contributed by atoms with Crippen LogP contribution in [0.5, 0.6) is 5.75 Å². The molecule has 0 bridgehead atoms. The largest absolute Gasteiger partial charge is 0.453 e. The zero-order chi connectivity index (χ0) is 13.2. The summed E-state index contributed by atoms with van der Waals surface area (Å²) >= 11 is 0. The van der Waals surface area contributed by atoms with E-state index in [0.29, 0.717) is 0 Å². The zero-order valence-corrected chi connectivity index (χ0v) is 11.4. The minimum atomic E-state index is 0.845. The normalized spacial score (nSPS) is 15.9. The van der Waals surface area contributed by atoms with Gasteiger partial charge in [0.15, 0.2) is 5.75 Å². The number of nitrogens with zero attached hydrogens (tertiary/aromatic N) is 2. The third kappa shape index (κ3) is 2.05. The van der Waals surface area contributed by atoms with Gasteiger partial charge in [0.05, 0.1) is 11.4 Å². The van der Waals surface area contributed by atoms with E-state index in [4.69, 9.17) is 9.73 Å². The van der Waals surface area contributed by atoms with Crippen molar-refractivity contribution in [2.45, 2.75) is 20.3 Å². The molecule has 0 N–H and O–H groups in total. The van der Waals surface area contributed by atoms with Crippen molar-refractivity contribution < 1.29 is 4.74 Å². The standard InChI is InChI=1S/C16H18N2O/c1-3-18(4-2)13-9-7-11-15-16(13)17-12-8-5-6-10-14(12)19-15/h5-7,9-11H,3-4,8H2,1-2H3. The highest BCUT2D eigenvalue weighted by atomic mass is 16.5. The summed E-state index contributed by atoms with van der Waals surface area (Å²) in [4.78, 5) is 7.12. The Hall–Kier alpha value is -2.03. The fourth-order valence-corrected chi connectivity index (χ4v) is 2.50. The lowest BCUT2D eigenvalue weighted by Gasteiger charge is -2.27. The number of hydrogen-bond acceptors (Lipinski definition) is 3. The number of fused-ring (bicyclic) bond motifs is 2. The summed E-state index contributed by atoms with van der Waals surface area (Å²) in [6.07, 6.45) is 6.96. The first kappa shape index (κ1) is 12.0. The quantitative estimate of drug-likeness (QED) is 0.818. The molecule has 0 amide bonds. The molecule has 1 aromatic carbocycles. The van der Waals surface area contributed by atoms with Gasteiger partial charge >= 0.3 is 0 Å². The van der Waals surface area contributed by atoms with Crippen LogP contribution in [0.1, 0.15) is 20.3 Å². The second kappa shape index (κ2) is 4.92. The maximum Gasteiger partial charge on any atom is 0.155 e. The van der Waals surface area contributed by atoms with E-state index in [-0.39, 0.29) is 0 Å². The number of aliphatic imine (C=N–C) groups is 1. The maximum absolute atomic E-state index is 5.97. The van der Waals surface area contributed by atoms with Crippen LogP contribution in [0.4, 0.5) is 11.4 Å². The summed E-state index contributed by atoms with van der Waals surface area (Å²) < 4.78 is 5.97. The molecule has 1 aliphatic carbocycles. The fourth-order valence-electron chi connectivity index (χ4n) is 2.50. The molecule has 0 radical (unpaired) electrons. The van der Waals surface area contributed by atoms with Gasteiger partial charge in [-0.1, -0.05) is 18.2 Å². The molecule has 0 saturated carbocycles. The Bertz CT molecular complexity index is 580. The lowest BCUT2D eigenvalue weighted by molar-refractivity contribution is 0.448. The number of allylic oxidation sites excluding steroid dienone is 4. The molecule has 3 nitrogen and oxygen atoms in total. The molecule has 1 heterocycles. The van der Waals surface area contributed by atoms with Gasteiger partial charge in [-0.3, -0.25) is 0 Å². The highest BCUT2D eigenvalue weighted by Gasteiger charge is 2.22. The molecule has 0 aromatic heterocycles. The summed E-state index contributed by atoms with van der Waals surface area (Å²) in [7, 11) is 0. The molecule has 0 spiro atoms. The van der Waals surface area contributed by atoms with Gasteiger partial charge in [0.1, 0.15) is 11.4 Å². The second-order valence-electron chi connectivity index (χ2n) is 4.62. The molecule has 19 heavy (non-hydrogen) atoms. The van der Waals surface area contributed by atoms with E-state index in [1.54, 1.807) is 0 Å². The van der Waals surface area contributed by atoms with E-state index in [1.807, 2.05) is 24.3 Å². The van der Waals surface area contributed by atoms with Crippen LogP contribution in [0, 0.1) is 0 Å². The topological polar surface area (TPSA) is 24.8 Å². The van der Waals surface area contributed by atoms with Crippen LogP contribution in [0.2, 0.25) is 0 Å². The third-order valence-corrected chi connectivity index (χ3v) is 3.53. The first-order chi connectivity index (χ1) is 9.33. The summed E-state index contributed by atoms with van der Waals surface area (Å²) in [5.74, 6) is 1.74. The number of para-hydroxylation sites is 1. The zero-order valence-electron chi connectivity index (χ0n) is 11.4. The molecular formula is C16H18N2O. The van der Waals surface area contributed by atoms with Gasteiger partial charge in [-0.05, 0) is 32.1 Å². The van der Waals surface area contributed by atoms with Gasteiger partial charge in [0.2, 0.25) is 0 Å². The SMILES string of the molecule is CCN(CC)c1cccc2c1N=C1CC=CC=C1O2. The Kier molecular flexibility index (Phi) is 3.11. The summed E-state index contributed by atoms with van der Waals surface area (Å²) in [6.45, 7) is 6.27. The van der Waals surface area contributed by atoms with Crippen molar-refractivity contribution in [1.29, 1.82) is 0 Å². The van der Waals surface area contributed by atoms with Crippen LogP contribution in [0.15, 0.2) is 47.2 Å². The molecule has 0 unspecified atom stereocenters. The van der Waals surface area contributed by atoms with Crippen molar-refractivity contribution in [3.63, 3.8) is 0 Å². The number of anilines is 1. The average molecular weight is 254 g/mol. The Labute approximate surface area is 113 Å². The van der Waals surface area contributed by atoms with E-state index in [1.165, 1.54) is 0 Å². The molecule has 0 fully saturated rings. The van der Waals surface area contributed by atoms with Crippen LogP contribution in [0.25, 0.3) is 0 Å². The van der Waals surface area contributed by atoms with Crippen molar-refractivity contribution in [3.05, 3.63) is 42.2 Å². The third-order valence-electron chi connectivity index (χ3n) is 3.53. The van der Waals surface area contributed by atoms with Crippen LogP contribution in [-0.4, -0.2) is 18.8 Å². The van der Waals surface area contributed by atoms with Crippen LogP contribution in [-0.2, 0) is 0 Å². The Balaban J connectivity index is 2.09. The maximum atomic E-state index is 5.97. The average Bonchev–Trinajstić information content (AvgIpc) is 2.46. The van der Waals surface area contributed by atoms with Crippen LogP contribution in [0.3, 0.4) is 0 Å². The van der Waals surface area contributed by atoms with Crippen molar-refractivity contribution in [2.24, 2.45) is 4.99 Å². The van der Waals surface area contributed by atoms with E-state index in [0.717, 1.165) is 48.1 Å². The first-order valence-electron chi connectivity index (χ1n) is 6.84. The number of benzene rings is 1. The van der Waals surface area contributed by atoms with Crippen molar-refractivity contribution in [2.75, 3.05) is 18.0 Å². The molecule has 3 heteroatoms. The monoisotopic (exact) mass is 254 g/mol. The van der Waals surface area contributed by atoms with Gasteiger partial charge in [-0.2, -0.15) is 0 Å². The van der Waals surface area contributed by atoms with E-state index < -0.39 is 0 Å². The summed E-state index contributed by atoms with van der Waals surface area (Å²) in [6, 6.07) is 6.14. The second-order valence-corrected chi connectivity index (χ2v) is 4.62. The van der Waals surface area contributed by atoms with Gasteiger partial charge in [-0.15, -0.1) is 0 Å².